The minimum absolute atomic E-state index is 0.0250. The summed E-state index contributed by atoms with van der Waals surface area (Å²) in [6.07, 6.45) is 1.30. The lowest BCUT2D eigenvalue weighted by molar-refractivity contribution is -0.143. The normalized spacial score (nSPS) is 32.1. The van der Waals surface area contributed by atoms with Gasteiger partial charge in [0.1, 0.15) is 6.04 Å². The van der Waals surface area contributed by atoms with Gasteiger partial charge in [-0.05, 0) is 12.3 Å². The first-order chi connectivity index (χ1) is 7.08. The van der Waals surface area contributed by atoms with Gasteiger partial charge in [-0.2, -0.15) is 0 Å². The van der Waals surface area contributed by atoms with Gasteiger partial charge >= 0.3 is 0 Å². The molecule has 2 heterocycles. The zero-order chi connectivity index (χ0) is 11.0. The lowest BCUT2D eigenvalue weighted by atomic mass is 10.0. The van der Waals surface area contributed by atoms with Crippen molar-refractivity contribution in [3.8, 4) is 0 Å². The van der Waals surface area contributed by atoms with Crippen LogP contribution in [0.2, 0.25) is 0 Å². The third kappa shape index (κ3) is 1.86. The summed E-state index contributed by atoms with van der Waals surface area (Å²) >= 11 is 0. The van der Waals surface area contributed by atoms with E-state index in [1.54, 1.807) is 4.90 Å². The van der Waals surface area contributed by atoms with Gasteiger partial charge in [0.15, 0.2) is 0 Å². The van der Waals surface area contributed by atoms with E-state index in [4.69, 9.17) is 0 Å². The average Bonchev–Trinajstić information content (AvgIpc) is 2.45. The molecule has 2 unspecified atom stereocenters. The van der Waals surface area contributed by atoms with Crippen molar-refractivity contribution in [1.29, 1.82) is 0 Å². The van der Waals surface area contributed by atoms with Gasteiger partial charge in [0.2, 0.25) is 17.7 Å². The highest BCUT2D eigenvalue weighted by atomic mass is 16.2. The van der Waals surface area contributed by atoms with Crippen LogP contribution in [0.5, 0.6) is 0 Å². The molecule has 0 aromatic carbocycles. The Morgan fingerprint density at radius 3 is 2.60 bits per heavy atom. The molecule has 0 aliphatic carbocycles. The third-order valence-corrected chi connectivity index (χ3v) is 2.94. The summed E-state index contributed by atoms with van der Waals surface area (Å²) in [4.78, 5) is 35.6. The number of imide groups is 1. The van der Waals surface area contributed by atoms with E-state index in [-0.39, 0.29) is 17.7 Å². The summed E-state index contributed by atoms with van der Waals surface area (Å²) in [7, 11) is 0. The maximum Gasteiger partial charge on any atom is 0.249 e. The second-order valence-corrected chi connectivity index (χ2v) is 4.32. The standard InChI is InChI=1S/C10H14N2O3/c1-6-4-9(14)12(5-6)7-2-3-8(13)11-10(7)15/h6-7H,2-5H2,1H3,(H,11,13,15). The quantitative estimate of drug-likeness (QED) is 0.602. The topological polar surface area (TPSA) is 66.5 Å². The van der Waals surface area contributed by atoms with Gasteiger partial charge < -0.3 is 4.90 Å². The molecule has 2 rings (SSSR count). The molecule has 2 aliphatic rings. The molecule has 1 N–H and O–H groups in total. The second kappa shape index (κ2) is 3.64. The van der Waals surface area contributed by atoms with Crippen molar-refractivity contribution in [2.75, 3.05) is 6.54 Å². The molecule has 5 nitrogen and oxygen atoms in total. The SMILES string of the molecule is CC1CC(=O)N(C2CCC(=O)NC2=O)C1. The fraction of sp³-hybridized carbons (Fsp3) is 0.700. The zero-order valence-electron chi connectivity index (χ0n) is 8.66. The predicted molar refractivity (Wildman–Crippen MR) is 51.7 cm³/mol. The van der Waals surface area contributed by atoms with Crippen molar-refractivity contribution < 1.29 is 14.4 Å². The number of hydrogen-bond acceptors (Lipinski definition) is 3. The van der Waals surface area contributed by atoms with Crippen molar-refractivity contribution >= 4 is 17.7 Å². The van der Waals surface area contributed by atoms with Crippen molar-refractivity contribution in [1.82, 2.24) is 10.2 Å². The maximum atomic E-state index is 11.6. The number of nitrogens with zero attached hydrogens (tertiary/aromatic N) is 1. The molecule has 0 radical (unpaired) electrons. The molecule has 2 saturated heterocycles. The molecule has 0 saturated carbocycles. The smallest absolute Gasteiger partial charge is 0.249 e. The number of piperidine rings is 1. The van der Waals surface area contributed by atoms with Crippen LogP contribution in [0, 0.1) is 5.92 Å². The molecular weight excluding hydrogens is 196 g/mol. The number of likely N-dealkylation sites (tertiary alicyclic amines) is 1. The van der Waals surface area contributed by atoms with Crippen LogP contribution in [0.15, 0.2) is 0 Å². The number of amides is 3. The Labute approximate surface area is 87.8 Å². The Balaban J connectivity index is 2.07. The van der Waals surface area contributed by atoms with Crippen LogP contribution in [0.25, 0.3) is 0 Å². The highest BCUT2D eigenvalue weighted by Gasteiger charge is 2.38. The van der Waals surface area contributed by atoms with Gasteiger partial charge in [0.05, 0.1) is 0 Å². The van der Waals surface area contributed by atoms with E-state index in [0.717, 1.165) is 0 Å². The second-order valence-electron chi connectivity index (χ2n) is 4.32. The summed E-state index contributed by atoms with van der Waals surface area (Å²) in [6, 6.07) is -0.430. The minimum atomic E-state index is -0.430. The number of rotatable bonds is 1. The van der Waals surface area contributed by atoms with Gasteiger partial charge in [-0.25, -0.2) is 0 Å². The molecule has 2 atom stereocenters. The predicted octanol–water partition coefficient (Wildman–Crippen LogP) is -0.340. The van der Waals surface area contributed by atoms with Crippen LogP contribution < -0.4 is 5.32 Å². The highest BCUT2D eigenvalue weighted by Crippen LogP contribution is 2.23. The van der Waals surface area contributed by atoms with Crippen LogP contribution in [-0.2, 0) is 14.4 Å². The van der Waals surface area contributed by atoms with Crippen molar-refractivity contribution in [3.63, 3.8) is 0 Å². The van der Waals surface area contributed by atoms with E-state index < -0.39 is 6.04 Å². The van der Waals surface area contributed by atoms with Gasteiger partial charge in [-0.15, -0.1) is 0 Å². The van der Waals surface area contributed by atoms with Gasteiger partial charge in [0, 0.05) is 19.4 Å². The minimum Gasteiger partial charge on any atom is -0.330 e. The van der Waals surface area contributed by atoms with E-state index in [1.165, 1.54) is 0 Å². The zero-order valence-corrected chi connectivity index (χ0v) is 8.66. The molecule has 5 heteroatoms. The molecule has 0 aromatic rings. The Hall–Kier alpha value is -1.39. The maximum absolute atomic E-state index is 11.6. The summed E-state index contributed by atoms with van der Waals surface area (Å²) in [5.41, 5.74) is 0. The molecule has 82 valence electrons. The molecule has 2 fully saturated rings. The summed E-state index contributed by atoms with van der Waals surface area (Å²) in [6.45, 7) is 2.62. The van der Waals surface area contributed by atoms with Gasteiger partial charge in [-0.3, -0.25) is 19.7 Å². The molecule has 15 heavy (non-hydrogen) atoms. The number of carbonyl (C=O) groups is 3. The molecular formula is C10H14N2O3. The van der Waals surface area contributed by atoms with E-state index in [0.29, 0.717) is 31.7 Å². The first-order valence-electron chi connectivity index (χ1n) is 5.21. The molecule has 0 spiro atoms. The van der Waals surface area contributed by atoms with Crippen LogP contribution in [0.1, 0.15) is 26.2 Å². The Morgan fingerprint density at radius 2 is 2.07 bits per heavy atom. The first kappa shape index (κ1) is 10.1. The largest absolute Gasteiger partial charge is 0.330 e. The first-order valence-corrected chi connectivity index (χ1v) is 5.21. The number of hydrogen-bond donors (Lipinski definition) is 1. The Morgan fingerprint density at radius 1 is 1.33 bits per heavy atom. The summed E-state index contributed by atoms with van der Waals surface area (Å²) in [5, 5.41) is 2.27. The summed E-state index contributed by atoms with van der Waals surface area (Å²) < 4.78 is 0. The third-order valence-electron chi connectivity index (χ3n) is 2.94. The monoisotopic (exact) mass is 210 g/mol. The van der Waals surface area contributed by atoms with Crippen LogP contribution in [0.4, 0.5) is 0 Å². The fourth-order valence-electron chi connectivity index (χ4n) is 2.20. The van der Waals surface area contributed by atoms with E-state index >= 15 is 0 Å². The van der Waals surface area contributed by atoms with Gasteiger partial charge in [-0.1, -0.05) is 6.92 Å². The van der Waals surface area contributed by atoms with E-state index in [2.05, 4.69) is 5.32 Å². The lowest BCUT2D eigenvalue weighted by Gasteiger charge is -2.29. The van der Waals surface area contributed by atoms with Gasteiger partial charge in [0.25, 0.3) is 0 Å². The summed E-state index contributed by atoms with van der Waals surface area (Å²) in [5.74, 6) is -0.232. The number of carbonyl (C=O) groups excluding carboxylic acids is 3. The van der Waals surface area contributed by atoms with Crippen LogP contribution in [-0.4, -0.2) is 35.2 Å². The van der Waals surface area contributed by atoms with Crippen molar-refractivity contribution in [2.45, 2.75) is 32.2 Å². The Kier molecular flexibility index (Phi) is 2.46. The molecule has 0 bridgehead atoms. The van der Waals surface area contributed by atoms with Crippen LogP contribution in [0.3, 0.4) is 0 Å². The van der Waals surface area contributed by atoms with Crippen molar-refractivity contribution in [3.05, 3.63) is 0 Å². The lowest BCUT2D eigenvalue weighted by Crippen LogP contribution is -2.52. The Bertz CT molecular complexity index is 327. The van der Waals surface area contributed by atoms with E-state index in [1.807, 2.05) is 6.92 Å². The average molecular weight is 210 g/mol. The highest BCUT2D eigenvalue weighted by molar-refractivity contribution is 6.01. The molecule has 3 amide bonds. The number of nitrogens with one attached hydrogen (secondary N) is 1. The van der Waals surface area contributed by atoms with E-state index in [9.17, 15) is 14.4 Å². The fourth-order valence-corrected chi connectivity index (χ4v) is 2.20. The van der Waals surface area contributed by atoms with Crippen LogP contribution >= 0.6 is 0 Å². The molecule has 0 aromatic heterocycles. The molecule has 2 aliphatic heterocycles. The van der Waals surface area contributed by atoms with Crippen molar-refractivity contribution in [2.24, 2.45) is 5.92 Å².